The largest absolute Gasteiger partial charge is 0.494 e. The van der Waals surface area contributed by atoms with Crippen LogP contribution in [-0.4, -0.2) is 65.8 Å². The van der Waals surface area contributed by atoms with Crippen LogP contribution in [0.3, 0.4) is 0 Å². The quantitative estimate of drug-likeness (QED) is 0.191. The second kappa shape index (κ2) is 11.3. The summed E-state index contributed by atoms with van der Waals surface area (Å²) in [4.78, 5) is 38.3. The predicted octanol–water partition coefficient (Wildman–Crippen LogP) is 1.59. The molecule has 0 aromatic heterocycles. The van der Waals surface area contributed by atoms with E-state index in [1.165, 1.54) is 26.5 Å². The summed E-state index contributed by atoms with van der Waals surface area (Å²) >= 11 is 0. The van der Waals surface area contributed by atoms with E-state index >= 15 is 0 Å². The van der Waals surface area contributed by atoms with Crippen molar-refractivity contribution in [2.24, 2.45) is 0 Å². The molecular weight excluding hydrogens is 414 g/mol. The van der Waals surface area contributed by atoms with Crippen molar-refractivity contribution in [2.45, 2.75) is 25.3 Å². The number of aliphatic hydroxyl groups excluding tert-OH is 1. The summed E-state index contributed by atoms with van der Waals surface area (Å²) in [7, 11) is 2.66. The Bertz CT molecular complexity index is 912. The maximum atomic E-state index is 12.9. The fraction of sp³-hybridized carbons (Fsp3) is 0.348. The topological polar surface area (TPSA) is 128 Å². The van der Waals surface area contributed by atoms with Crippen LogP contribution in [-0.2, 0) is 9.59 Å². The summed E-state index contributed by atoms with van der Waals surface area (Å²) in [6.45, 7) is 1.93. The minimum absolute atomic E-state index is 0.149. The third kappa shape index (κ3) is 5.43. The number of aliphatic hydroxyl groups is 1. The normalized spacial score (nSPS) is 12.4. The van der Waals surface area contributed by atoms with E-state index in [2.05, 4.69) is 5.32 Å². The van der Waals surface area contributed by atoms with Gasteiger partial charge in [-0.3, -0.25) is 19.6 Å². The molecule has 32 heavy (non-hydrogen) atoms. The number of unbranched alkanes of at least 4 members (excludes halogenated alkanes) is 1. The molecular formula is C23H29N3O6. The number of benzene rings is 2. The Labute approximate surface area is 187 Å². The van der Waals surface area contributed by atoms with Crippen LogP contribution in [0.4, 0.5) is 0 Å². The van der Waals surface area contributed by atoms with E-state index < -0.39 is 23.3 Å². The van der Waals surface area contributed by atoms with Gasteiger partial charge in [0.25, 0.3) is 17.7 Å². The summed E-state index contributed by atoms with van der Waals surface area (Å²) in [6.07, 6.45) is 1.48. The van der Waals surface area contributed by atoms with Crippen LogP contribution in [0.2, 0.25) is 0 Å². The molecule has 9 nitrogen and oxygen atoms in total. The van der Waals surface area contributed by atoms with Crippen LogP contribution in [0, 0.1) is 0 Å². The van der Waals surface area contributed by atoms with E-state index in [4.69, 9.17) is 15.1 Å². The molecule has 4 N–H and O–H groups in total. The smallest absolute Gasteiger partial charge is 0.278 e. The summed E-state index contributed by atoms with van der Waals surface area (Å²) in [5, 5.41) is 20.2. The van der Waals surface area contributed by atoms with Gasteiger partial charge in [0.05, 0.1) is 6.61 Å². The van der Waals surface area contributed by atoms with Crippen molar-refractivity contribution in [1.29, 1.82) is 0 Å². The number of hydroxylamine groups is 1. The zero-order chi connectivity index (χ0) is 23.7. The van der Waals surface area contributed by atoms with Crippen LogP contribution < -0.4 is 15.5 Å². The van der Waals surface area contributed by atoms with Crippen molar-refractivity contribution in [2.75, 3.05) is 27.3 Å². The third-order valence-corrected chi connectivity index (χ3v) is 5.33. The van der Waals surface area contributed by atoms with Crippen LogP contribution in [0.25, 0.3) is 11.1 Å². The van der Waals surface area contributed by atoms with Crippen molar-refractivity contribution in [3.8, 4) is 16.9 Å². The molecule has 0 saturated heterocycles. The molecule has 0 aliphatic rings. The number of likely N-dealkylation sites (N-methyl/N-ethyl adjacent to an activating group) is 2. The molecule has 2 aromatic carbocycles. The highest BCUT2D eigenvalue weighted by molar-refractivity contribution is 6.12. The zero-order valence-electron chi connectivity index (χ0n) is 18.4. The van der Waals surface area contributed by atoms with Gasteiger partial charge >= 0.3 is 0 Å². The average Bonchev–Trinajstić information content (AvgIpc) is 2.84. The highest BCUT2D eigenvalue weighted by Crippen LogP contribution is 2.24. The van der Waals surface area contributed by atoms with Gasteiger partial charge < -0.3 is 20.1 Å². The number of ether oxygens (including phenoxy) is 1. The van der Waals surface area contributed by atoms with Gasteiger partial charge in [0, 0.05) is 26.3 Å². The number of hydrogen-bond donors (Lipinski definition) is 4. The first-order chi connectivity index (χ1) is 15.3. The minimum Gasteiger partial charge on any atom is -0.494 e. The second-order valence-corrected chi connectivity index (χ2v) is 7.34. The van der Waals surface area contributed by atoms with Crippen molar-refractivity contribution >= 4 is 17.7 Å². The lowest BCUT2D eigenvalue weighted by molar-refractivity contribution is -0.148. The Kier molecular flexibility index (Phi) is 8.74. The van der Waals surface area contributed by atoms with Crippen molar-refractivity contribution < 1.29 is 29.4 Å². The molecule has 0 aliphatic heterocycles. The van der Waals surface area contributed by atoms with E-state index in [0.29, 0.717) is 13.0 Å². The standard InChI is InChI=1S/C23H29N3O6/c1-23(21(29)24-2,22(30)25-31)26(3)20(28)18-8-6-16(7-9-18)17-10-12-19(13-11-17)32-15-5-4-14-27/h6-13,27,31H,4-5,14-15H2,1-3H3,(H,24,29)(H,25,30). The molecule has 0 fully saturated rings. The lowest BCUT2D eigenvalue weighted by Gasteiger charge is -2.34. The summed E-state index contributed by atoms with van der Waals surface area (Å²) < 4.78 is 5.62. The highest BCUT2D eigenvalue weighted by atomic mass is 16.5. The molecule has 9 heteroatoms. The lowest BCUT2D eigenvalue weighted by Crippen LogP contribution is -2.64. The van der Waals surface area contributed by atoms with Crippen LogP contribution >= 0.6 is 0 Å². The molecule has 2 rings (SSSR count). The van der Waals surface area contributed by atoms with E-state index in [0.717, 1.165) is 28.2 Å². The number of hydrogen-bond acceptors (Lipinski definition) is 6. The van der Waals surface area contributed by atoms with Gasteiger partial charge in [-0.1, -0.05) is 24.3 Å². The lowest BCUT2D eigenvalue weighted by atomic mass is 9.96. The van der Waals surface area contributed by atoms with Crippen molar-refractivity contribution in [1.82, 2.24) is 15.7 Å². The molecule has 3 amide bonds. The number of amides is 3. The number of nitrogens with zero attached hydrogens (tertiary/aromatic N) is 1. The van der Waals surface area contributed by atoms with E-state index in [9.17, 15) is 14.4 Å². The van der Waals surface area contributed by atoms with E-state index in [1.807, 2.05) is 24.3 Å². The summed E-state index contributed by atoms with van der Waals surface area (Å²) in [5.74, 6) is -1.59. The second-order valence-electron chi connectivity index (χ2n) is 7.34. The molecule has 172 valence electrons. The third-order valence-electron chi connectivity index (χ3n) is 5.33. The molecule has 1 atom stereocenters. The summed E-state index contributed by atoms with van der Waals surface area (Å²) in [6, 6.07) is 14.2. The Morgan fingerprint density at radius 2 is 1.53 bits per heavy atom. The Hall–Kier alpha value is -3.43. The first-order valence-corrected chi connectivity index (χ1v) is 10.2. The van der Waals surface area contributed by atoms with Crippen LogP contribution in [0.15, 0.2) is 48.5 Å². The van der Waals surface area contributed by atoms with Gasteiger partial charge in [0.2, 0.25) is 0 Å². The zero-order valence-corrected chi connectivity index (χ0v) is 18.4. The van der Waals surface area contributed by atoms with Crippen molar-refractivity contribution in [3.63, 3.8) is 0 Å². The molecule has 0 radical (unpaired) electrons. The van der Waals surface area contributed by atoms with Gasteiger partial charge in [-0.05, 0) is 55.2 Å². The number of nitrogens with one attached hydrogen (secondary N) is 2. The molecule has 0 aliphatic carbocycles. The maximum Gasteiger partial charge on any atom is 0.278 e. The number of carbonyl (C=O) groups is 3. The molecule has 0 bridgehead atoms. The van der Waals surface area contributed by atoms with Gasteiger partial charge in [0.15, 0.2) is 5.54 Å². The van der Waals surface area contributed by atoms with Crippen molar-refractivity contribution in [3.05, 3.63) is 54.1 Å². The number of rotatable bonds is 10. The van der Waals surface area contributed by atoms with Crippen LogP contribution in [0.1, 0.15) is 30.1 Å². The number of carbonyl (C=O) groups excluding carboxylic acids is 3. The molecule has 0 spiro atoms. The first kappa shape index (κ1) is 24.8. The summed E-state index contributed by atoms with van der Waals surface area (Å²) in [5.41, 5.74) is 1.59. The minimum atomic E-state index is -1.94. The van der Waals surface area contributed by atoms with Gasteiger partial charge in [-0.2, -0.15) is 0 Å². The maximum absolute atomic E-state index is 12.9. The van der Waals surface area contributed by atoms with Gasteiger partial charge in [-0.15, -0.1) is 0 Å². The Morgan fingerprint density at radius 3 is 2.03 bits per heavy atom. The highest BCUT2D eigenvalue weighted by Gasteiger charge is 2.47. The molecule has 1 unspecified atom stereocenters. The fourth-order valence-electron chi connectivity index (χ4n) is 3.11. The Morgan fingerprint density at radius 1 is 0.969 bits per heavy atom. The van der Waals surface area contributed by atoms with Gasteiger partial charge in [0.1, 0.15) is 5.75 Å². The van der Waals surface area contributed by atoms with Crippen LogP contribution in [0.5, 0.6) is 5.75 Å². The first-order valence-electron chi connectivity index (χ1n) is 10.2. The predicted molar refractivity (Wildman–Crippen MR) is 118 cm³/mol. The average molecular weight is 444 g/mol. The van der Waals surface area contributed by atoms with Gasteiger partial charge in [-0.25, -0.2) is 5.48 Å². The molecule has 0 saturated carbocycles. The van der Waals surface area contributed by atoms with E-state index in [-0.39, 0.29) is 12.2 Å². The fourth-order valence-corrected chi connectivity index (χ4v) is 3.11. The Balaban J connectivity index is 2.15. The molecule has 2 aromatic rings. The SMILES string of the molecule is CNC(=O)C(C)(C(=O)NO)N(C)C(=O)c1ccc(-c2ccc(OCCCCO)cc2)cc1. The van der Waals surface area contributed by atoms with E-state index in [1.54, 1.807) is 24.3 Å². The monoisotopic (exact) mass is 443 g/mol. The molecule has 0 heterocycles.